The summed E-state index contributed by atoms with van der Waals surface area (Å²) >= 11 is 4.74. The Bertz CT molecular complexity index is 881. The minimum absolute atomic E-state index is 0.190. The maximum Gasteiger partial charge on any atom is 0.273 e. The molecule has 0 atom stereocenters. The third-order valence-corrected chi connectivity index (χ3v) is 5.19. The van der Waals surface area contributed by atoms with Crippen molar-refractivity contribution < 1.29 is 9.18 Å². The normalized spacial score (nSPS) is 10.6. The van der Waals surface area contributed by atoms with E-state index in [2.05, 4.69) is 20.9 Å². The zero-order valence-electron chi connectivity index (χ0n) is 12.9. The molecule has 0 bridgehead atoms. The molecule has 1 heterocycles. The summed E-state index contributed by atoms with van der Waals surface area (Å²) < 4.78 is 14.8. The van der Waals surface area contributed by atoms with Gasteiger partial charge in [-0.1, -0.05) is 46.3 Å². The molecule has 0 aliphatic carbocycles. The summed E-state index contributed by atoms with van der Waals surface area (Å²) in [7, 11) is 1.73. The van der Waals surface area contributed by atoms with Gasteiger partial charge in [0.1, 0.15) is 16.5 Å². The first-order chi connectivity index (χ1) is 11.6. The first kappa shape index (κ1) is 16.8. The number of carbonyl (C=O) groups is 1. The van der Waals surface area contributed by atoms with Gasteiger partial charge in [-0.05, 0) is 23.8 Å². The minimum Gasteiger partial charge on any atom is -0.336 e. The number of rotatable bonds is 4. The maximum absolute atomic E-state index is 13.8. The topological polar surface area (TPSA) is 33.2 Å². The molecule has 0 spiro atoms. The van der Waals surface area contributed by atoms with Crippen LogP contribution >= 0.6 is 27.3 Å². The molecule has 0 aliphatic heterocycles. The number of aromatic nitrogens is 1. The molecule has 24 heavy (non-hydrogen) atoms. The summed E-state index contributed by atoms with van der Waals surface area (Å²) in [5, 5.41) is 2.17. The Balaban J connectivity index is 1.79. The van der Waals surface area contributed by atoms with Gasteiger partial charge < -0.3 is 4.90 Å². The molecule has 3 aromatic rings. The fraction of sp³-hybridized carbons (Fsp3) is 0.111. The van der Waals surface area contributed by atoms with E-state index in [-0.39, 0.29) is 11.7 Å². The molecule has 0 fully saturated rings. The van der Waals surface area contributed by atoms with E-state index >= 15 is 0 Å². The second-order valence-corrected chi connectivity index (χ2v) is 6.98. The average molecular weight is 405 g/mol. The lowest BCUT2D eigenvalue weighted by atomic mass is 10.2. The largest absolute Gasteiger partial charge is 0.336 e. The number of hydrogen-bond donors (Lipinski definition) is 0. The minimum atomic E-state index is -0.340. The molecule has 3 rings (SSSR count). The van der Waals surface area contributed by atoms with Gasteiger partial charge in [-0.3, -0.25) is 4.79 Å². The Kier molecular flexibility index (Phi) is 5.06. The summed E-state index contributed by atoms with van der Waals surface area (Å²) in [6.07, 6.45) is 0. The fourth-order valence-corrected chi connectivity index (χ4v) is 3.51. The molecule has 122 valence electrons. The highest BCUT2D eigenvalue weighted by Crippen LogP contribution is 2.27. The van der Waals surface area contributed by atoms with Crippen molar-refractivity contribution in [3.8, 4) is 10.6 Å². The summed E-state index contributed by atoms with van der Waals surface area (Å²) in [4.78, 5) is 18.5. The van der Waals surface area contributed by atoms with Crippen molar-refractivity contribution in [3.05, 3.63) is 75.5 Å². The third kappa shape index (κ3) is 3.55. The van der Waals surface area contributed by atoms with Crippen molar-refractivity contribution >= 4 is 33.2 Å². The molecule has 6 heteroatoms. The van der Waals surface area contributed by atoms with Crippen LogP contribution in [0.5, 0.6) is 0 Å². The first-order valence-corrected chi connectivity index (χ1v) is 8.93. The molecule has 0 radical (unpaired) electrons. The van der Waals surface area contributed by atoms with Gasteiger partial charge in [0, 0.05) is 29.0 Å². The third-order valence-electron chi connectivity index (χ3n) is 3.54. The van der Waals surface area contributed by atoms with E-state index in [4.69, 9.17) is 0 Å². The second-order valence-electron chi connectivity index (χ2n) is 5.27. The van der Waals surface area contributed by atoms with Gasteiger partial charge in [0.05, 0.1) is 0 Å². The predicted octanol–water partition coefficient (Wildman–Crippen LogP) is 4.98. The van der Waals surface area contributed by atoms with Crippen LogP contribution in [0.25, 0.3) is 10.6 Å². The highest BCUT2D eigenvalue weighted by Gasteiger charge is 2.18. The van der Waals surface area contributed by atoms with Crippen LogP contribution in [0.3, 0.4) is 0 Å². The molecule has 0 N–H and O–H groups in total. The second kappa shape index (κ2) is 7.23. The highest BCUT2D eigenvalue weighted by atomic mass is 79.9. The molecular formula is C18H14BrFN2OS. The molecule has 1 amide bonds. The van der Waals surface area contributed by atoms with Crippen LogP contribution in [-0.2, 0) is 6.54 Å². The van der Waals surface area contributed by atoms with Gasteiger partial charge >= 0.3 is 0 Å². The molecule has 0 unspecified atom stereocenters. The molecule has 0 aliphatic rings. The van der Waals surface area contributed by atoms with Crippen molar-refractivity contribution in [1.29, 1.82) is 0 Å². The monoisotopic (exact) mass is 404 g/mol. The number of nitrogens with zero attached hydrogens (tertiary/aromatic N) is 2. The Labute approximate surface area is 151 Å². The van der Waals surface area contributed by atoms with E-state index in [9.17, 15) is 9.18 Å². The van der Waals surface area contributed by atoms with Gasteiger partial charge in [-0.25, -0.2) is 9.37 Å². The van der Waals surface area contributed by atoms with Crippen LogP contribution in [0.4, 0.5) is 4.39 Å². The maximum atomic E-state index is 13.8. The van der Waals surface area contributed by atoms with E-state index in [1.54, 1.807) is 35.5 Å². The molecule has 3 nitrogen and oxygen atoms in total. The summed E-state index contributed by atoms with van der Waals surface area (Å²) in [5.74, 6) is -0.531. The fourth-order valence-electron chi connectivity index (χ4n) is 2.28. The van der Waals surface area contributed by atoms with Crippen LogP contribution in [-0.4, -0.2) is 22.8 Å². The number of thiazole rings is 1. The van der Waals surface area contributed by atoms with Crippen LogP contribution < -0.4 is 0 Å². The van der Waals surface area contributed by atoms with E-state index < -0.39 is 0 Å². The lowest BCUT2D eigenvalue weighted by Crippen LogP contribution is -2.26. The Hall–Kier alpha value is -2.05. The van der Waals surface area contributed by atoms with E-state index in [1.165, 1.54) is 17.4 Å². The van der Waals surface area contributed by atoms with Crippen molar-refractivity contribution in [3.63, 3.8) is 0 Å². The number of halogens is 2. The number of hydrogen-bond acceptors (Lipinski definition) is 3. The molecule has 0 saturated heterocycles. The highest BCUT2D eigenvalue weighted by molar-refractivity contribution is 9.10. The smallest absolute Gasteiger partial charge is 0.273 e. The first-order valence-electron chi connectivity index (χ1n) is 7.25. The standard InChI is InChI=1S/C18H14BrFN2OS/c1-22(10-12-6-2-4-8-14(12)19)18(23)16-11-24-17(21-16)13-7-3-5-9-15(13)20/h2-9,11H,10H2,1H3. The van der Waals surface area contributed by atoms with Crippen molar-refractivity contribution in [2.24, 2.45) is 0 Å². The van der Waals surface area contributed by atoms with Gasteiger partial charge in [0.15, 0.2) is 0 Å². The molecular weight excluding hydrogens is 391 g/mol. The zero-order chi connectivity index (χ0) is 17.1. The lowest BCUT2D eigenvalue weighted by molar-refractivity contribution is 0.0780. The molecule has 1 aromatic heterocycles. The van der Waals surface area contributed by atoms with Gasteiger partial charge in [-0.2, -0.15) is 0 Å². The zero-order valence-corrected chi connectivity index (χ0v) is 15.3. The molecule has 2 aromatic carbocycles. The number of carbonyl (C=O) groups excluding carboxylic acids is 1. The van der Waals surface area contributed by atoms with Gasteiger partial charge in [-0.15, -0.1) is 11.3 Å². The predicted molar refractivity (Wildman–Crippen MR) is 97.4 cm³/mol. The van der Waals surface area contributed by atoms with Crippen molar-refractivity contribution in [1.82, 2.24) is 9.88 Å². The van der Waals surface area contributed by atoms with E-state index in [1.807, 2.05) is 24.3 Å². The number of benzene rings is 2. The SMILES string of the molecule is CN(Cc1ccccc1Br)C(=O)c1csc(-c2ccccc2F)n1. The average Bonchev–Trinajstić information content (AvgIpc) is 3.06. The van der Waals surface area contributed by atoms with Crippen LogP contribution in [0, 0.1) is 5.82 Å². The lowest BCUT2D eigenvalue weighted by Gasteiger charge is -2.16. The molecule has 0 saturated carbocycles. The van der Waals surface area contributed by atoms with Gasteiger partial charge in [0.2, 0.25) is 0 Å². The van der Waals surface area contributed by atoms with Crippen molar-refractivity contribution in [2.75, 3.05) is 7.05 Å². The van der Waals surface area contributed by atoms with Crippen molar-refractivity contribution in [2.45, 2.75) is 6.54 Å². The summed E-state index contributed by atoms with van der Waals surface area (Å²) in [5.41, 5.74) is 1.75. The Morgan fingerprint density at radius 2 is 1.92 bits per heavy atom. The summed E-state index contributed by atoms with van der Waals surface area (Å²) in [6, 6.07) is 14.2. The van der Waals surface area contributed by atoms with Gasteiger partial charge in [0.25, 0.3) is 5.91 Å². The Morgan fingerprint density at radius 1 is 1.21 bits per heavy atom. The van der Waals surface area contributed by atoms with Crippen LogP contribution in [0.2, 0.25) is 0 Å². The quantitative estimate of drug-likeness (QED) is 0.613. The summed E-state index contributed by atoms with van der Waals surface area (Å²) in [6.45, 7) is 0.465. The van der Waals surface area contributed by atoms with E-state index in [0.29, 0.717) is 22.8 Å². The Morgan fingerprint density at radius 3 is 2.67 bits per heavy atom. The van der Waals surface area contributed by atoms with Crippen LogP contribution in [0.15, 0.2) is 58.4 Å². The van der Waals surface area contributed by atoms with Crippen LogP contribution in [0.1, 0.15) is 16.1 Å². The number of amides is 1. The van der Waals surface area contributed by atoms with E-state index in [0.717, 1.165) is 10.0 Å².